The van der Waals surface area contributed by atoms with Gasteiger partial charge in [0.1, 0.15) is 24.1 Å². The summed E-state index contributed by atoms with van der Waals surface area (Å²) >= 11 is 0. The summed E-state index contributed by atoms with van der Waals surface area (Å²) in [5.41, 5.74) is -0.910. The van der Waals surface area contributed by atoms with E-state index in [-0.39, 0.29) is 12.1 Å². The lowest BCUT2D eigenvalue weighted by Crippen LogP contribution is -2.50. The summed E-state index contributed by atoms with van der Waals surface area (Å²) in [5.74, 6) is -5.06. The molecule has 188 valence electrons. The Morgan fingerprint density at radius 2 is 1.85 bits per heavy atom. The lowest BCUT2D eigenvalue weighted by atomic mass is 9.89. The van der Waals surface area contributed by atoms with Gasteiger partial charge in [-0.2, -0.15) is 0 Å². The second-order valence-electron chi connectivity index (χ2n) is 8.53. The van der Waals surface area contributed by atoms with Crippen molar-refractivity contribution in [2.75, 3.05) is 5.32 Å². The molecular weight excluding hydrogens is 451 g/mol. The van der Waals surface area contributed by atoms with Crippen LogP contribution in [0, 0.1) is 17.7 Å². The largest absolute Gasteiger partial charge is 0.505 e. The topological polar surface area (TPSA) is 151 Å². The number of aliphatic hydroxyl groups is 1. The standard InChI is InChI=1S/C23H31FN2O8/c1-5-11(2)6-7-15-19(28)13(4)34-23(32)18(12(3)33-22(15)31)26-21(30)16-8-14(24)9-17(20(16)29)25-10-27/h8-13,15,18-19,28-29H,5-7H2,1-4H3,(H,25,27)(H,26,30)/t11?,12-,13+,15-,18+,19+/m1/s1. The number of hydrogen-bond donors (Lipinski definition) is 4. The molecule has 34 heavy (non-hydrogen) atoms. The number of cyclic esters (lactones) is 2. The Balaban J connectivity index is 2.28. The minimum absolute atomic E-state index is 0.192. The number of rotatable bonds is 8. The van der Waals surface area contributed by atoms with Crippen molar-refractivity contribution in [3.8, 4) is 5.75 Å². The third kappa shape index (κ3) is 6.43. The first-order valence-electron chi connectivity index (χ1n) is 11.1. The zero-order chi connectivity index (χ0) is 25.6. The summed E-state index contributed by atoms with van der Waals surface area (Å²) in [6.07, 6.45) is -1.52. The van der Waals surface area contributed by atoms with E-state index in [4.69, 9.17) is 9.47 Å². The van der Waals surface area contributed by atoms with Crippen molar-refractivity contribution < 1.29 is 43.3 Å². The number of carbonyl (C=O) groups excluding carboxylic acids is 4. The number of esters is 2. The molecule has 1 fully saturated rings. The highest BCUT2D eigenvalue weighted by Crippen LogP contribution is 2.29. The number of phenolic OH excluding ortho intramolecular Hbond substituents is 1. The third-order valence-electron chi connectivity index (χ3n) is 6.01. The molecule has 4 N–H and O–H groups in total. The number of carbonyl (C=O) groups is 4. The number of anilines is 1. The molecule has 0 saturated carbocycles. The van der Waals surface area contributed by atoms with Gasteiger partial charge in [0.05, 0.1) is 17.2 Å². The van der Waals surface area contributed by atoms with Crippen LogP contribution in [0.2, 0.25) is 0 Å². The molecule has 1 saturated heterocycles. The van der Waals surface area contributed by atoms with Gasteiger partial charge in [-0.1, -0.05) is 20.3 Å². The number of hydrogen-bond acceptors (Lipinski definition) is 8. The van der Waals surface area contributed by atoms with Gasteiger partial charge >= 0.3 is 11.9 Å². The van der Waals surface area contributed by atoms with Gasteiger partial charge in [0.2, 0.25) is 6.41 Å². The van der Waals surface area contributed by atoms with Crippen LogP contribution in [0.25, 0.3) is 0 Å². The Labute approximate surface area is 196 Å². The molecule has 0 aromatic heterocycles. The van der Waals surface area contributed by atoms with Gasteiger partial charge < -0.3 is 30.3 Å². The summed E-state index contributed by atoms with van der Waals surface area (Å²) in [7, 11) is 0. The van der Waals surface area contributed by atoms with Crippen LogP contribution in [-0.4, -0.2) is 58.8 Å². The van der Waals surface area contributed by atoms with Crippen LogP contribution in [0.3, 0.4) is 0 Å². The summed E-state index contributed by atoms with van der Waals surface area (Å²) in [6.45, 7) is 6.82. The monoisotopic (exact) mass is 482 g/mol. The third-order valence-corrected chi connectivity index (χ3v) is 6.01. The first kappa shape index (κ1) is 27.0. The summed E-state index contributed by atoms with van der Waals surface area (Å²) in [6, 6.07) is 0.0150. The van der Waals surface area contributed by atoms with E-state index in [2.05, 4.69) is 10.6 Å². The molecule has 0 radical (unpaired) electrons. The number of nitrogens with one attached hydrogen (secondary N) is 2. The SMILES string of the molecule is CCC(C)CC[C@H]1C(=O)O[C@H](C)[C@H](NC(=O)c2cc(F)cc(NC=O)c2O)C(=O)O[C@@H](C)[C@@H]1O. The number of aliphatic hydroxyl groups excluding tert-OH is 1. The van der Waals surface area contributed by atoms with E-state index in [0.29, 0.717) is 18.8 Å². The summed E-state index contributed by atoms with van der Waals surface area (Å²) in [4.78, 5) is 49.0. The zero-order valence-corrected chi connectivity index (χ0v) is 19.5. The number of halogens is 1. The van der Waals surface area contributed by atoms with Crippen LogP contribution in [-0.2, 0) is 23.9 Å². The second-order valence-corrected chi connectivity index (χ2v) is 8.53. The summed E-state index contributed by atoms with van der Waals surface area (Å²) < 4.78 is 24.6. The van der Waals surface area contributed by atoms with Crippen molar-refractivity contribution in [3.63, 3.8) is 0 Å². The smallest absolute Gasteiger partial charge is 0.332 e. The van der Waals surface area contributed by atoms with Crippen LogP contribution in [0.15, 0.2) is 12.1 Å². The van der Waals surface area contributed by atoms with E-state index in [1.807, 2.05) is 13.8 Å². The molecule has 0 aliphatic carbocycles. The molecule has 1 aromatic carbocycles. The molecule has 0 bridgehead atoms. The molecule has 1 aliphatic rings. The maximum absolute atomic E-state index is 13.9. The molecule has 1 unspecified atom stereocenters. The van der Waals surface area contributed by atoms with Crippen molar-refractivity contribution in [2.45, 2.75) is 71.3 Å². The van der Waals surface area contributed by atoms with E-state index < -0.39 is 65.2 Å². The highest BCUT2D eigenvalue weighted by molar-refractivity contribution is 6.01. The van der Waals surface area contributed by atoms with E-state index in [1.165, 1.54) is 13.8 Å². The fraction of sp³-hybridized carbons (Fsp3) is 0.565. The average molecular weight is 483 g/mol. The van der Waals surface area contributed by atoms with E-state index in [0.717, 1.165) is 18.6 Å². The molecule has 1 aromatic rings. The zero-order valence-electron chi connectivity index (χ0n) is 19.5. The molecule has 10 nitrogen and oxygen atoms in total. The lowest BCUT2D eigenvalue weighted by molar-refractivity contribution is -0.160. The molecule has 2 rings (SSSR count). The van der Waals surface area contributed by atoms with E-state index in [1.54, 1.807) is 0 Å². The van der Waals surface area contributed by atoms with Crippen molar-refractivity contribution >= 4 is 29.9 Å². The highest BCUT2D eigenvalue weighted by atomic mass is 19.1. The van der Waals surface area contributed by atoms with Crippen molar-refractivity contribution in [1.82, 2.24) is 5.32 Å². The van der Waals surface area contributed by atoms with Gasteiger partial charge in [0.15, 0.2) is 11.8 Å². The van der Waals surface area contributed by atoms with Crippen LogP contribution >= 0.6 is 0 Å². The number of aromatic hydroxyl groups is 1. The molecular formula is C23H31FN2O8. The maximum atomic E-state index is 13.9. The van der Waals surface area contributed by atoms with Crippen molar-refractivity contribution in [1.29, 1.82) is 0 Å². The Hall–Kier alpha value is -3.21. The fourth-order valence-corrected chi connectivity index (χ4v) is 3.62. The maximum Gasteiger partial charge on any atom is 0.332 e. The molecule has 1 aliphatic heterocycles. The molecule has 11 heteroatoms. The van der Waals surface area contributed by atoms with Gasteiger partial charge in [-0.15, -0.1) is 0 Å². The average Bonchev–Trinajstić information content (AvgIpc) is 2.80. The van der Waals surface area contributed by atoms with E-state index >= 15 is 0 Å². The predicted octanol–water partition coefficient (Wildman–Crippen LogP) is 1.88. The van der Waals surface area contributed by atoms with Gasteiger partial charge in [0, 0.05) is 6.07 Å². The predicted molar refractivity (Wildman–Crippen MR) is 118 cm³/mol. The van der Waals surface area contributed by atoms with Crippen molar-refractivity contribution in [3.05, 3.63) is 23.5 Å². The number of benzene rings is 1. The number of ether oxygens (including phenoxy) is 2. The lowest BCUT2D eigenvalue weighted by Gasteiger charge is -2.25. The van der Waals surface area contributed by atoms with Crippen LogP contribution < -0.4 is 10.6 Å². The van der Waals surface area contributed by atoms with Crippen LogP contribution in [0.1, 0.15) is 57.3 Å². The molecule has 0 spiro atoms. The Bertz CT molecular complexity index is 924. The quantitative estimate of drug-likeness (QED) is 0.249. The summed E-state index contributed by atoms with van der Waals surface area (Å²) in [5, 5.41) is 25.2. The molecule has 6 atom stereocenters. The minimum Gasteiger partial charge on any atom is -0.505 e. The van der Waals surface area contributed by atoms with Gasteiger partial charge in [-0.3, -0.25) is 14.4 Å². The van der Waals surface area contributed by atoms with Crippen molar-refractivity contribution in [2.24, 2.45) is 11.8 Å². The highest BCUT2D eigenvalue weighted by Gasteiger charge is 2.41. The van der Waals surface area contributed by atoms with Crippen LogP contribution in [0.4, 0.5) is 10.1 Å². The fourth-order valence-electron chi connectivity index (χ4n) is 3.62. The van der Waals surface area contributed by atoms with E-state index in [9.17, 15) is 33.8 Å². The normalized spacial score (nSPS) is 26.2. The Morgan fingerprint density at radius 3 is 2.47 bits per heavy atom. The van der Waals surface area contributed by atoms with Gasteiger partial charge in [-0.05, 0) is 38.7 Å². The minimum atomic E-state index is -1.51. The first-order chi connectivity index (χ1) is 16.0. The second kappa shape index (κ2) is 11.8. The van der Waals surface area contributed by atoms with Gasteiger partial charge in [-0.25, -0.2) is 9.18 Å². The Morgan fingerprint density at radius 1 is 1.21 bits per heavy atom. The van der Waals surface area contributed by atoms with Crippen LogP contribution in [0.5, 0.6) is 5.75 Å². The Kier molecular flexibility index (Phi) is 9.36. The number of phenols is 1. The molecule has 1 heterocycles. The first-order valence-corrected chi connectivity index (χ1v) is 11.1. The molecule has 2 amide bonds. The van der Waals surface area contributed by atoms with Gasteiger partial charge in [0.25, 0.3) is 5.91 Å². The number of amides is 2.